The lowest BCUT2D eigenvalue weighted by atomic mass is 9.95. The molecule has 0 spiro atoms. The number of carbonyl (C=O) groups excluding carboxylic acids is 2. The second-order valence-electron chi connectivity index (χ2n) is 8.75. The maximum Gasteiger partial charge on any atom is 0.246 e. The summed E-state index contributed by atoms with van der Waals surface area (Å²) in [7, 11) is 0. The van der Waals surface area contributed by atoms with E-state index in [1.54, 1.807) is 6.08 Å². The average molecular weight is 432 g/mol. The molecule has 0 unspecified atom stereocenters. The SMILES string of the molecule is O=C(Nc1ccccc1N1CCCCCC1)C1CCN(C(=O)/C=C/c2ccccc2)CC1. The summed E-state index contributed by atoms with van der Waals surface area (Å²) < 4.78 is 0. The summed E-state index contributed by atoms with van der Waals surface area (Å²) in [5.41, 5.74) is 3.04. The van der Waals surface area contributed by atoms with Gasteiger partial charge in [-0.05, 0) is 49.5 Å². The van der Waals surface area contributed by atoms with E-state index in [4.69, 9.17) is 0 Å². The number of nitrogens with zero attached hydrogens (tertiary/aromatic N) is 2. The smallest absolute Gasteiger partial charge is 0.246 e. The van der Waals surface area contributed by atoms with Crippen LogP contribution in [0.25, 0.3) is 6.08 Å². The first-order valence-corrected chi connectivity index (χ1v) is 11.9. The predicted molar refractivity (Wildman–Crippen MR) is 131 cm³/mol. The van der Waals surface area contributed by atoms with Crippen LogP contribution in [-0.2, 0) is 9.59 Å². The van der Waals surface area contributed by atoms with Crippen molar-refractivity contribution in [3.8, 4) is 0 Å². The summed E-state index contributed by atoms with van der Waals surface area (Å²) in [5, 5.41) is 3.19. The fourth-order valence-electron chi connectivity index (χ4n) is 4.60. The van der Waals surface area contributed by atoms with Crippen LogP contribution in [0.4, 0.5) is 11.4 Å². The Morgan fingerprint density at radius 2 is 1.47 bits per heavy atom. The van der Waals surface area contributed by atoms with Crippen molar-refractivity contribution in [1.82, 2.24) is 4.90 Å². The van der Waals surface area contributed by atoms with E-state index in [-0.39, 0.29) is 17.7 Å². The number of anilines is 2. The van der Waals surface area contributed by atoms with Crippen molar-refractivity contribution in [3.05, 3.63) is 66.2 Å². The van der Waals surface area contributed by atoms with Crippen LogP contribution in [0.15, 0.2) is 60.7 Å². The molecule has 0 radical (unpaired) electrons. The molecular weight excluding hydrogens is 398 g/mol. The van der Waals surface area contributed by atoms with Crippen LogP contribution in [0.3, 0.4) is 0 Å². The molecule has 0 saturated carbocycles. The highest BCUT2D eigenvalue weighted by molar-refractivity contribution is 5.96. The molecule has 4 rings (SSSR count). The van der Waals surface area contributed by atoms with Gasteiger partial charge in [0.15, 0.2) is 0 Å². The van der Waals surface area contributed by atoms with Gasteiger partial charge in [-0.3, -0.25) is 9.59 Å². The van der Waals surface area contributed by atoms with Crippen LogP contribution >= 0.6 is 0 Å². The predicted octanol–water partition coefficient (Wildman–Crippen LogP) is 4.96. The topological polar surface area (TPSA) is 52.7 Å². The minimum Gasteiger partial charge on any atom is -0.370 e. The maximum atomic E-state index is 13.0. The third kappa shape index (κ3) is 5.78. The van der Waals surface area contributed by atoms with Gasteiger partial charge in [0.2, 0.25) is 11.8 Å². The number of amides is 2. The van der Waals surface area contributed by atoms with Gasteiger partial charge in [-0.25, -0.2) is 0 Å². The van der Waals surface area contributed by atoms with Gasteiger partial charge in [0, 0.05) is 38.2 Å². The van der Waals surface area contributed by atoms with Gasteiger partial charge in [-0.15, -0.1) is 0 Å². The molecule has 0 aromatic heterocycles. The van der Waals surface area contributed by atoms with Gasteiger partial charge in [-0.1, -0.05) is 55.3 Å². The molecule has 5 nitrogen and oxygen atoms in total. The zero-order chi connectivity index (χ0) is 22.2. The summed E-state index contributed by atoms with van der Waals surface area (Å²) in [6.07, 6.45) is 9.84. The summed E-state index contributed by atoms with van der Waals surface area (Å²) >= 11 is 0. The third-order valence-electron chi connectivity index (χ3n) is 6.50. The Balaban J connectivity index is 1.31. The van der Waals surface area contributed by atoms with Crippen molar-refractivity contribution >= 4 is 29.3 Å². The van der Waals surface area contributed by atoms with Gasteiger partial charge in [0.05, 0.1) is 11.4 Å². The minimum absolute atomic E-state index is 0.0132. The summed E-state index contributed by atoms with van der Waals surface area (Å²) in [5.74, 6) is 0.0211. The summed E-state index contributed by atoms with van der Waals surface area (Å²) in [6.45, 7) is 3.32. The third-order valence-corrected chi connectivity index (χ3v) is 6.50. The molecule has 2 fully saturated rings. The van der Waals surface area contributed by atoms with E-state index in [0.717, 1.165) is 30.0 Å². The molecule has 0 atom stereocenters. The number of piperidine rings is 1. The summed E-state index contributed by atoms with van der Waals surface area (Å²) in [6, 6.07) is 18.0. The van der Waals surface area contributed by atoms with Crippen LogP contribution in [0.2, 0.25) is 0 Å². The molecule has 2 amide bonds. The lowest BCUT2D eigenvalue weighted by molar-refractivity contribution is -0.130. The standard InChI is InChI=1S/C27H33N3O2/c31-26(15-14-22-10-4-3-5-11-22)30-20-16-23(17-21-30)27(32)28-24-12-6-7-13-25(24)29-18-8-1-2-9-19-29/h3-7,10-15,23H,1-2,8-9,16-21H2,(H,28,32)/b15-14+. The molecule has 2 aromatic rings. The molecule has 32 heavy (non-hydrogen) atoms. The molecule has 5 heteroatoms. The lowest BCUT2D eigenvalue weighted by Gasteiger charge is -2.31. The number of nitrogens with one attached hydrogen (secondary N) is 1. The van der Waals surface area contributed by atoms with E-state index < -0.39 is 0 Å². The minimum atomic E-state index is -0.0608. The normalized spacial score (nSPS) is 17.9. The Hall–Kier alpha value is -3.08. The van der Waals surface area contributed by atoms with E-state index in [9.17, 15) is 9.59 Å². The molecule has 0 bridgehead atoms. The number of hydrogen-bond donors (Lipinski definition) is 1. The quantitative estimate of drug-likeness (QED) is 0.681. The number of likely N-dealkylation sites (tertiary alicyclic amines) is 1. The molecule has 0 aliphatic carbocycles. The van der Waals surface area contributed by atoms with Crippen molar-refractivity contribution in [1.29, 1.82) is 0 Å². The van der Waals surface area contributed by atoms with Gasteiger partial charge >= 0.3 is 0 Å². The van der Waals surface area contributed by atoms with Gasteiger partial charge in [-0.2, -0.15) is 0 Å². The highest BCUT2D eigenvalue weighted by atomic mass is 16.2. The molecule has 2 saturated heterocycles. The van der Waals surface area contributed by atoms with Gasteiger partial charge in [0.25, 0.3) is 0 Å². The molecular formula is C27H33N3O2. The van der Waals surface area contributed by atoms with Gasteiger partial charge in [0.1, 0.15) is 0 Å². The van der Waals surface area contributed by atoms with E-state index in [2.05, 4.69) is 16.3 Å². The fourth-order valence-corrected chi connectivity index (χ4v) is 4.60. The number of hydrogen-bond acceptors (Lipinski definition) is 3. The fraction of sp³-hybridized carbons (Fsp3) is 0.407. The molecule has 2 heterocycles. The van der Waals surface area contributed by atoms with Crippen LogP contribution < -0.4 is 10.2 Å². The molecule has 2 aliphatic heterocycles. The largest absolute Gasteiger partial charge is 0.370 e. The first-order valence-electron chi connectivity index (χ1n) is 11.9. The molecule has 2 aromatic carbocycles. The van der Waals surface area contributed by atoms with E-state index >= 15 is 0 Å². The van der Waals surface area contributed by atoms with E-state index in [1.165, 1.54) is 25.7 Å². The van der Waals surface area contributed by atoms with E-state index in [0.29, 0.717) is 25.9 Å². The van der Waals surface area contributed by atoms with Crippen LogP contribution in [-0.4, -0.2) is 42.9 Å². The second-order valence-corrected chi connectivity index (χ2v) is 8.75. The van der Waals surface area contributed by atoms with Crippen LogP contribution in [0.5, 0.6) is 0 Å². The molecule has 168 valence electrons. The lowest BCUT2D eigenvalue weighted by Crippen LogP contribution is -2.40. The monoisotopic (exact) mass is 431 g/mol. The number of rotatable bonds is 5. The van der Waals surface area contributed by atoms with Crippen molar-refractivity contribution in [3.63, 3.8) is 0 Å². The Kier molecular flexibility index (Phi) is 7.59. The summed E-state index contributed by atoms with van der Waals surface area (Å²) in [4.78, 5) is 29.8. The first kappa shape index (κ1) is 22.1. The maximum absolute atomic E-state index is 13.0. The number of benzene rings is 2. The van der Waals surface area contributed by atoms with Crippen LogP contribution in [0.1, 0.15) is 44.1 Å². The Bertz CT molecular complexity index is 925. The van der Waals surface area contributed by atoms with Crippen LogP contribution in [0, 0.1) is 5.92 Å². The zero-order valence-electron chi connectivity index (χ0n) is 18.7. The Labute approximate surface area is 191 Å². The molecule has 2 aliphatic rings. The number of para-hydroxylation sites is 2. The highest BCUT2D eigenvalue weighted by Crippen LogP contribution is 2.29. The van der Waals surface area contributed by atoms with Crippen molar-refractivity contribution < 1.29 is 9.59 Å². The highest BCUT2D eigenvalue weighted by Gasteiger charge is 2.27. The van der Waals surface area contributed by atoms with Crippen molar-refractivity contribution in [2.75, 3.05) is 36.4 Å². The molecule has 1 N–H and O–H groups in total. The number of carbonyl (C=O) groups is 2. The Morgan fingerprint density at radius 1 is 0.812 bits per heavy atom. The van der Waals surface area contributed by atoms with Crippen molar-refractivity contribution in [2.45, 2.75) is 38.5 Å². The van der Waals surface area contributed by atoms with Gasteiger partial charge < -0.3 is 15.1 Å². The average Bonchev–Trinajstić information content (AvgIpc) is 3.13. The Morgan fingerprint density at radius 3 is 2.19 bits per heavy atom. The van der Waals surface area contributed by atoms with Crippen molar-refractivity contribution in [2.24, 2.45) is 5.92 Å². The second kappa shape index (κ2) is 11.0. The zero-order valence-corrected chi connectivity index (χ0v) is 18.7. The first-order chi connectivity index (χ1) is 15.7. The van der Waals surface area contributed by atoms with E-state index in [1.807, 2.05) is 59.5 Å².